The Morgan fingerprint density at radius 3 is 3.00 bits per heavy atom. The summed E-state index contributed by atoms with van der Waals surface area (Å²) in [7, 11) is 0. The van der Waals surface area contributed by atoms with Gasteiger partial charge in [-0.3, -0.25) is 0 Å². The summed E-state index contributed by atoms with van der Waals surface area (Å²) in [5, 5.41) is 4.39. The van der Waals surface area contributed by atoms with Crippen molar-refractivity contribution in [1.29, 1.82) is 0 Å². The summed E-state index contributed by atoms with van der Waals surface area (Å²) in [6.45, 7) is 0. The van der Waals surface area contributed by atoms with E-state index in [2.05, 4.69) is 10.5 Å². The van der Waals surface area contributed by atoms with Crippen molar-refractivity contribution in [2.75, 3.05) is 0 Å². The lowest BCUT2D eigenvalue weighted by Crippen LogP contribution is -1.82. The van der Waals surface area contributed by atoms with Crippen LogP contribution >= 0.6 is 11.6 Å². The molecule has 3 heteroatoms. The Morgan fingerprint density at radius 1 is 1.30 bits per heavy atom. The third kappa shape index (κ3) is 0.693. The molecule has 1 aliphatic rings. The Labute approximate surface area is 63.5 Å². The van der Waals surface area contributed by atoms with Gasteiger partial charge in [-0.15, -0.1) is 5.43 Å². The van der Waals surface area contributed by atoms with Gasteiger partial charge < -0.3 is 0 Å². The molecule has 0 spiro atoms. The number of hydrogen-bond acceptors (Lipinski definition) is 1. The van der Waals surface area contributed by atoms with Crippen molar-refractivity contribution in [2.24, 2.45) is 5.10 Å². The lowest BCUT2D eigenvalue weighted by Gasteiger charge is -1.95. The number of nitrogens with zero attached hydrogens (tertiary/aromatic N) is 2. The highest BCUT2D eigenvalue weighted by molar-refractivity contribution is 6.33. The van der Waals surface area contributed by atoms with Crippen molar-refractivity contribution in [3.05, 3.63) is 28.8 Å². The van der Waals surface area contributed by atoms with Crippen molar-refractivity contribution < 1.29 is 0 Å². The molecule has 1 aromatic rings. The van der Waals surface area contributed by atoms with Gasteiger partial charge in [-0.2, -0.15) is 5.10 Å². The van der Waals surface area contributed by atoms with Gasteiger partial charge in [0, 0.05) is 5.56 Å². The van der Waals surface area contributed by atoms with Crippen molar-refractivity contribution in [2.45, 2.75) is 0 Å². The molecule has 1 radical (unpaired) electrons. The Kier molecular flexibility index (Phi) is 1.14. The van der Waals surface area contributed by atoms with Crippen molar-refractivity contribution in [1.82, 2.24) is 5.43 Å². The second-order valence-electron chi connectivity index (χ2n) is 2.02. The lowest BCUT2D eigenvalue weighted by atomic mass is 10.2. The maximum Gasteiger partial charge on any atom is 0.113 e. The number of hydrogen-bond donors (Lipinski definition) is 0. The van der Waals surface area contributed by atoms with Crippen LogP contribution in [0.4, 0.5) is 5.69 Å². The van der Waals surface area contributed by atoms with Crippen LogP contribution in [0.1, 0.15) is 5.56 Å². The van der Waals surface area contributed by atoms with Crippen LogP contribution in [0.2, 0.25) is 5.02 Å². The Balaban J connectivity index is 2.66. The highest BCUT2D eigenvalue weighted by Crippen LogP contribution is 2.27. The molecular weight excluding hydrogens is 148 g/mol. The van der Waals surface area contributed by atoms with Gasteiger partial charge >= 0.3 is 0 Å². The van der Waals surface area contributed by atoms with Crippen LogP contribution in [-0.4, -0.2) is 6.21 Å². The molecule has 0 fully saturated rings. The summed E-state index contributed by atoms with van der Waals surface area (Å²) in [6.07, 6.45) is 1.70. The Morgan fingerprint density at radius 2 is 2.20 bits per heavy atom. The van der Waals surface area contributed by atoms with Crippen LogP contribution in [0.5, 0.6) is 0 Å². The fraction of sp³-hybridized carbons (Fsp3) is 0. The maximum atomic E-state index is 5.80. The molecule has 0 N–H and O–H groups in total. The fourth-order valence-corrected chi connectivity index (χ4v) is 1.11. The first-order valence-corrected chi connectivity index (χ1v) is 3.28. The van der Waals surface area contributed by atoms with E-state index >= 15 is 0 Å². The molecular formula is C7H4ClN2. The number of rotatable bonds is 0. The van der Waals surface area contributed by atoms with E-state index < -0.39 is 0 Å². The summed E-state index contributed by atoms with van der Waals surface area (Å²) in [6, 6.07) is 5.62. The minimum atomic E-state index is 0.662. The monoisotopic (exact) mass is 151 g/mol. The SMILES string of the molecule is Clc1cccc2c1[N]N=C2. The van der Waals surface area contributed by atoms with E-state index in [0.717, 1.165) is 11.3 Å². The van der Waals surface area contributed by atoms with Gasteiger partial charge in [0.1, 0.15) is 5.69 Å². The Hall–Kier alpha value is -1.02. The van der Waals surface area contributed by atoms with Gasteiger partial charge in [0.15, 0.2) is 0 Å². The molecule has 0 saturated carbocycles. The van der Waals surface area contributed by atoms with Crippen LogP contribution in [0.25, 0.3) is 0 Å². The second-order valence-corrected chi connectivity index (χ2v) is 2.43. The zero-order valence-electron chi connectivity index (χ0n) is 5.08. The number of halogens is 1. The van der Waals surface area contributed by atoms with E-state index in [0.29, 0.717) is 5.02 Å². The smallest absolute Gasteiger partial charge is 0.113 e. The summed E-state index contributed by atoms with van der Waals surface area (Å²) >= 11 is 5.80. The lowest BCUT2D eigenvalue weighted by molar-refractivity contribution is 0.992. The molecule has 1 aliphatic heterocycles. The summed E-state index contributed by atoms with van der Waals surface area (Å²) in [5.74, 6) is 0. The van der Waals surface area contributed by atoms with Crippen LogP contribution in [0, 0.1) is 0 Å². The number of benzene rings is 1. The van der Waals surface area contributed by atoms with Crippen LogP contribution in [-0.2, 0) is 0 Å². The predicted octanol–water partition coefficient (Wildman–Crippen LogP) is 1.92. The molecule has 0 bridgehead atoms. The van der Waals surface area contributed by atoms with E-state index in [4.69, 9.17) is 11.6 Å². The first-order chi connectivity index (χ1) is 4.88. The van der Waals surface area contributed by atoms with Crippen molar-refractivity contribution in [3.63, 3.8) is 0 Å². The zero-order valence-corrected chi connectivity index (χ0v) is 5.84. The van der Waals surface area contributed by atoms with Crippen LogP contribution < -0.4 is 5.43 Å². The molecule has 0 aromatic heterocycles. The van der Waals surface area contributed by atoms with Crippen molar-refractivity contribution in [3.8, 4) is 0 Å². The summed E-state index contributed by atoms with van der Waals surface area (Å²) < 4.78 is 0. The molecule has 0 amide bonds. The third-order valence-electron chi connectivity index (χ3n) is 1.37. The minimum Gasteiger partial charge on any atom is -0.158 e. The quantitative estimate of drug-likeness (QED) is 0.542. The number of fused-ring (bicyclic) bond motifs is 1. The summed E-state index contributed by atoms with van der Waals surface area (Å²) in [4.78, 5) is 0. The van der Waals surface area contributed by atoms with Crippen molar-refractivity contribution >= 4 is 23.5 Å². The topological polar surface area (TPSA) is 26.5 Å². The molecule has 0 unspecified atom stereocenters. The van der Waals surface area contributed by atoms with E-state index in [1.807, 2.05) is 12.1 Å². The summed E-state index contributed by atoms with van der Waals surface area (Å²) in [5.41, 5.74) is 5.61. The molecule has 2 nitrogen and oxygen atoms in total. The third-order valence-corrected chi connectivity index (χ3v) is 1.68. The molecule has 0 atom stereocenters. The van der Waals surface area contributed by atoms with Gasteiger partial charge in [-0.1, -0.05) is 23.7 Å². The maximum absolute atomic E-state index is 5.80. The zero-order chi connectivity index (χ0) is 6.97. The molecule has 49 valence electrons. The van der Waals surface area contributed by atoms with E-state index in [1.165, 1.54) is 0 Å². The second kappa shape index (κ2) is 1.99. The molecule has 2 rings (SSSR count). The van der Waals surface area contributed by atoms with E-state index in [-0.39, 0.29) is 0 Å². The predicted molar refractivity (Wildman–Crippen MR) is 40.8 cm³/mol. The van der Waals surface area contributed by atoms with Crippen LogP contribution in [0.15, 0.2) is 23.3 Å². The normalized spacial score (nSPS) is 12.9. The fourth-order valence-electron chi connectivity index (χ4n) is 0.890. The molecule has 0 saturated heterocycles. The largest absolute Gasteiger partial charge is 0.158 e. The van der Waals surface area contributed by atoms with Gasteiger partial charge in [-0.25, -0.2) is 0 Å². The van der Waals surface area contributed by atoms with Gasteiger partial charge in [0.2, 0.25) is 0 Å². The van der Waals surface area contributed by atoms with Gasteiger partial charge in [-0.05, 0) is 6.07 Å². The highest BCUT2D eigenvalue weighted by atomic mass is 35.5. The standard InChI is InChI=1S/C7H4ClN2/c8-6-3-1-2-5-4-9-10-7(5)6/h1-4H. The van der Waals surface area contributed by atoms with Crippen LogP contribution in [0.3, 0.4) is 0 Å². The first kappa shape index (κ1) is 5.74. The van der Waals surface area contributed by atoms with Gasteiger partial charge in [0.05, 0.1) is 11.2 Å². The molecule has 0 aliphatic carbocycles. The first-order valence-electron chi connectivity index (χ1n) is 2.90. The molecule has 10 heavy (non-hydrogen) atoms. The highest BCUT2D eigenvalue weighted by Gasteiger charge is 2.09. The average Bonchev–Trinajstić information content (AvgIpc) is 2.36. The van der Waals surface area contributed by atoms with E-state index in [9.17, 15) is 0 Å². The molecule has 1 heterocycles. The average molecular weight is 152 g/mol. The van der Waals surface area contributed by atoms with E-state index in [1.54, 1.807) is 12.3 Å². The Bertz CT molecular complexity index is 294. The molecule has 1 aromatic carbocycles. The minimum absolute atomic E-state index is 0.662. The van der Waals surface area contributed by atoms with Gasteiger partial charge in [0.25, 0.3) is 0 Å².